The number of amides is 2. The van der Waals surface area contributed by atoms with E-state index in [1.54, 1.807) is 6.07 Å². The lowest BCUT2D eigenvalue weighted by Crippen LogP contribution is -2.42. The minimum atomic E-state index is -0.453. The molecule has 2 aliphatic heterocycles. The minimum Gasteiger partial charge on any atom is -0.331 e. The van der Waals surface area contributed by atoms with E-state index in [1.807, 2.05) is 17.9 Å². The first-order valence-corrected chi connectivity index (χ1v) is 10.1. The lowest BCUT2D eigenvalue weighted by atomic mass is 10.1. The predicted octanol–water partition coefficient (Wildman–Crippen LogP) is 3.41. The van der Waals surface area contributed by atoms with E-state index >= 15 is 0 Å². The summed E-state index contributed by atoms with van der Waals surface area (Å²) in [4.78, 5) is 28.2. The Kier molecular flexibility index (Phi) is 4.97. The van der Waals surface area contributed by atoms with Crippen LogP contribution in [0, 0.1) is 12.7 Å². The van der Waals surface area contributed by atoms with E-state index < -0.39 is 5.82 Å². The first-order chi connectivity index (χ1) is 13.0. The second-order valence-electron chi connectivity index (χ2n) is 7.18. The van der Waals surface area contributed by atoms with Crippen LogP contribution in [-0.4, -0.2) is 41.9 Å². The number of carbonyl (C=O) groups is 2. The molecule has 1 aromatic carbocycles. The summed E-state index contributed by atoms with van der Waals surface area (Å²) in [5.41, 5.74) is 1.11. The van der Waals surface area contributed by atoms with E-state index in [0.717, 1.165) is 37.9 Å². The summed E-state index contributed by atoms with van der Waals surface area (Å²) in [6, 6.07) is 7.92. The van der Waals surface area contributed by atoms with E-state index in [9.17, 15) is 14.0 Å². The predicted molar refractivity (Wildman–Crippen MR) is 104 cm³/mol. The van der Waals surface area contributed by atoms with Gasteiger partial charge in [-0.1, -0.05) is 6.07 Å². The van der Waals surface area contributed by atoms with Crippen molar-refractivity contribution < 1.29 is 14.0 Å². The van der Waals surface area contributed by atoms with E-state index in [0.29, 0.717) is 15.9 Å². The molecule has 142 valence electrons. The number of thiophene rings is 1. The van der Waals surface area contributed by atoms with Gasteiger partial charge in [0.1, 0.15) is 5.82 Å². The lowest BCUT2D eigenvalue weighted by Gasteiger charge is -2.27. The lowest BCUT2D eigenvalue weighted by molar-refractivity contribution is 0.0684. The third-order valence-electron chi connectivity index (χ3n) is 5.32. The minimum absolute atomic E-state index is 0.0555. The van der Waals surface area contributed by atoms with Crippen molar-refractivity contribution in [3.63, 3.8) is 0 Å². The number of nitrogens with one attached hydrogen (secondary N) is 2. The standard InChI is InChI=1S/C20H22FN3O2S/c1-12-9-17(23-19(25)13-3-2-4-14(21)10-13)27-18(12)20(26)24-15-5-6-16(24)11-22-8-7-15/h2-4,9-10,15-16,22H,5-8,11H2,1H3,(H,23,25). The zero-order valence-corrected chi connectivity index (χ0v) is 15.9. The van der Waals surface area contributed by atoms with Crippen molar-refractivity contribution >= 4 is 28.2 Å². The maximum atomic E-state index is 13.3. The molecular weight excluding hydrogens is 365 g/mol. The highest BCUT2D eigenvalue weighted by Crippen LogP contribution is 2.34. The molecule has 27 heavy (non-hydrogen) atoms. The maximum absolute atomic E-state index is 13.3. The summed E-state index contributed by atoms with van der Waals surface area (Å²) < 4.78 is 13.3. The van der Waals surface area contributed by atoms with Gasteiger partial charge in [0.15, 0.2) is 0 Å². The third-order valence-corrected chi connectivity index (χ3v) is 6.46. The molecule has 2 N–H and O–H groups in total. The van der Waals surface area contributed by atoms with Gasteiger partial charge in [0.2, 0.25) is 0 Å². The van der Waals surface area contributed by atoms with Gasteiger partial charge in [-0.2, -0.15) is 0 Å². The van der Waals surface area contributed by atoms with E-state index in [1.165, 1.54) is 29.5 Å². The van der Waals surface area contributed by atoms with E-state index in [-0.39, 0.29) is 23.4 Å². The highest BCUT2D eigenvalue weighted by molar-refractivity contribution is 7.18. The van der Waals surface area contributed by atoms with Gasteiger partial charge in [0.05, 0.1) is 9.88 Å². The van der Waals surface area contributed by atoms with Gasteiger partial charge < -0.3 is 15.5 Å². The fourth-order valence-corrected chi connectivity index (χ4v) is 5.01. The zero-order valence-electron chi connectivity index (χ0n) is 15.1. The van der Waals surface area contributed by atoms with Crippen LogP contribution in [0.2, 0.25) is 0 Å². The smallest absolute Gasteiger partial charge is 0.264 e. The normalized spacial score (nSPS) is 21.8. The summed E-state index contributed by atoms with van der Waals surface area (Å²) in [5.74, 6) is -0.778. The fraction of sp³-hybridized carbons (Fsp3) is 0.400. The van der Waals surface area contributed by atoms with Gasteiger partial charge in [-0.3, -0.25) is 9.59 Å². The molecule has 0 aliphatic carbocycles. The largest absolute Gasteiger partial charge is 0.331 e. The molecule has 2 saturated heterocycles. The fourth-order valence-electron chi connectivity index (χ4n) is 4.00. The Morgan fingerprint density at radius 2 is 2.04 bits per heavy atom. The molecule has 2 atom stereocenters. The molecule has 0 saturated carbocycles. The molecule has 2 aromatic rings. The van der Waals surface area contributed by atoms with Gasteiger partial charge in [0.25, 0.3) is 11.8 Å². The number of hydrogen-bond acceptors (Lipinski definition) is 4. The van der Waals surface area contributed by atoms with Crippen molar-refractivity contribution in [1.29, 1.82) is 0 Å². The number of fused-ring (bicyclic) bond motifs is 2. The van der Waals surface area contributed by atoms with Crippen LogP contribution >= 0.6 is 11.3 Å². The van der Waals surface area contributed by atoms with Crippen molar-refractivity contribution in [2.24, 2.45) is 0 Å². The number of benzene rings is 1. The Balaban J connectivity index is 1.53. The number of aryl methyl sites for hydroxylation is 1. The Bertz CT molecular complexity index is 868. The molecule has 1 aromatic heterocycles. The van der Waals surface area contributed by atoms with Crippen LogP contribution in [-0.2, 0) is 0 Å². The SMILES string of the molecule is Cc1cc(NC(=O)c2cccc(F)c2)sc1C(=O)N1C2CCNCC1CC2. The number of anilines is 1. The molecule has 2 aliphatic rings. The molecule has 0 radical (unpaired) electrons. The van der Waals surface area contributed by atoms with Crippen LogP contribution in [0.5, 0.6) is 0 Å². The van der Waals surface area contributed by atoms with Gasteiger partial charge in [-0.15, -0.1) is 11.3 Å². The molecule has 4 rings (SSSR count). The molecule has 2 unspecified atom stereocenters. The van der Waals surface area contributed by atoms with Crippen molar-refractivity contribution in [2.45, 2.75) is 38.3 Å². The Hall–Kier alpha value is -2.25. The summed E-state index contributed by atoms with van der Waals surface area (Å²) >= 11 is 1.29. The number of hydrogen-bond donors (Lipinski definition) is 2. The van der Waals surface area contributed by atoms with Crippen molar-refractivity contribution in [3.8, 4) is 0 Å². The van der Waals surface area contributed by atoms with Gasteiger partial charge >= 0.3 is 0 Å². The van der Waals surface area contributed by atoms with Crippen LogP contribution in [0.25, 0.3) is 0 Å². The first kappa shape index (κ1) is 18.1. The summed E-state index contributed by atoms with van der Waals surface area (Å²) in [7, 11) is 0. The van der Waals surface area contributed by atoms with Crippen molar-refractivity contribution in [1.82, 2.24) is 10.2 Å². The van der Waals surface area contributed by atoms with Crippen molar-refractivity contribution in [3.05, 3.63) is 52.2 Å². The quantitative estimate of drug-likeness (QED) is 0.848. The average molecular weight is 387 g/mol. The van der Waals surface area contributed by atoms with Gasteiger partial charge in [-0.05, 0) is 62.6 Å². The van der Waals surface area contributed by atoms with Gasteiger partial charge in [0, 0.05) is 24.2 Å². The molecule has 2 fully saturated rings. The van der Waals surface area contributed by atoms with Crippen LogP contribution in [0.15, 0.2) is 30.3 Å². The molecule has 5 nitrogen and oxygen atoms in total. The highest BCUT2D eigenvalue weighted by Gasteiger charge is 2.39. The Labute approximate surface area is 161 Å². The molecular formula is C20H22FN3O2S. The van der Waals surface area contributed by atoms with Crippen LogP contribution in [0.4, 0.5) is 9.39 Å². The summed E-state index contributed by atoms with van der Waals surface area (Å²) in [6.45, 7) is 3.68. The molecule has 2 amide bonds. The number of halogens is 1. The van der Waals surface area contributed by atoms with E-state index in [2.05, 4.69) is 10.6 Å². The molecule has 0 spiro atoms. The topological polar surface area (TPSA) is 61.4 Å². The number of rotatable bonds is 3. The van der Waals surface area contributed by atoms with Crippen LogP contribution in [0.3, 0.4) is 0 Å². The third kappa shape index (κ3) is 3.61. The summed E-state index contributed by atoms with van der Waals surface area (Å²) in [5, 5.41) is 6.79. The Morgan fingerprint density at radius 1 is 1.22 bits per heavy atom. The van der Waals surface area contributed by atoms with E-state index in [4.69, 9.17) is 0 Å². The average Bonchev–Trinajstić information content (AvgIpc) is 3.12. The second-order valence-corrected chi connectivity index (χ2v) is 8.23. The number of nitrogens with zero attached hydrogens (tertiary/aromatic N) is 1. The van der Waals surface area contributed by atoms with Crippen molar-refractivity contribution in [2.75, 3.05) is 18.4 Å². The monoisotopic (exact) mass is 387 g/mol. The zero-order chi connectivity index (χ0) is 19.0. The highest BCUT2D eigenvalue weighted by atomic mass is 32.1. The van der Waals surface area contributed by atoms with Crippen LogP contribution in [0.1, 0.15) is 44.9 Å². The first-order valence-electron chi connectivity index (χ1n) is 9.23. The Morgan fingerprint density at radius 3 is 2.85 bits per heavy atom. The number of carbonyl (C=O) groups excluding carboxylic acids is 2. The molecule has 2 bridgehead atoms. The second kappa shape index (κ2) is 7.40. The summed E-state index contributed by atoms with van der Waals surface area (Å²) in [6.07, 6.45) is 3.08. The molecule has 3 heterocycles. The molecule has 7 heteroatoms. The maximum Gasteiger partial charge on any atom is 0.264 e. The van der Waals surface area contributed by atoms with Gasteiger partial charge in [-0.25, -0.2) is 4.39 Å². The van der Waals surface area contributed by atoms with Crippen LogP contribution < -0.4 is 10.6 Å².